The van der Waals surface area contributed by atoms with Gasteiger partial charge in [-0.25, -0.2) is 0 Å². The van der Waals surface area contributed by atoms with Gasteiger partial charge in [0.2, 0.25) is 5.91 Å². The summed E-state index contributed by atoms with van der Waals surface area (Å²) in [6.07, 6.45) is 0.721. The number of thiophene rings is 1. The van der Waals surface area contributed by atoms with Crippen LogP contribution in [0.2, 0.25) is 0 Å². The van der Waals surface area contributed by atoms with Crippen LogP contribution in [0.25, 0.3) is 5.69 Å². The predicted molar refractivity (Wildman–Crippen MR) is 102 cm³/mol. The van der Waals surface area contributed by atoms with Crippen LogP contribution in [-0.4, -0.2) is 32.5 Å². The van der Waals surface area contributed by atoms with Crippen LogP contribution in [0.1, 0.15) is 24.5 Å². The van der Waals surface area contributed by atoms with Crippen molar-refractivity contribution in [3.8, 4) is 5.69 Å². The first-order valence-electron chi connectivity index (χ1n) is 8.07. The number of carbonyl (C=O) groups excluding carboxylic acids is 1. The van der Waals surface area contributed by atoms with E-state index in [4.69, 9.17) is 0 Å². The van der Waals surface area contributed by atoms with E-state index in [1.165, 1.54) is 16.6 Å². The number of nitrogens with one attached hydrogen (secondary N) is 1. The van der Waals surface area contributed by atoms with Crippen LogP contribution in [0.5, 0.6) is 0 Å². The van der Waals surface area contributed by atoms with E-state index in [9.17, 15) is 4.79 Å². The van der Waals surface area contributed by atoms with Crippen molar-refractivity contribution in [1.29, 1.82) is 0 Å². The molecule has 0 fully saturated rings. The number of carbonyl (C=O) groups is 1. The van der Waals surface area contributed by atoms with Crippen LogP contribution in [0.3, 0.4) is 0 Å². The zero-order chi connectivity index (χ0) is 17.6. The molecular weight excluding hydrogens is 352 g/mol. The fraction of sp³-hybridized carbons (Fsp3) is 0.278. The quantitative estimate of drug-likeness (QED) is 0.645. The molecule has 3 aromatic rings. The van der Waals surface area contributed by atoms with Gasteiger partial charge in [0.15, 0.2) is 5.16 Å². The highest BCUT2D eigenvalue weighted by Crippen LogP contribution is 2.24. The maximum atomic E-state index is 11.9. The molecule has 25 heavy (non-hydrogen) atoms. The monoisotopic (exact) mass is 372 g/mol. The number of rotatable bonds is 7. The van der Waals surface area contributed by atoms with Gasteiger partial charge in [0, 0.05) is 23.0 Å². The maximum Gasteiger partial charge on any atom is 0.230 e. The van der Waals surface area contributed by atoms with Gasteiger partial charge in [-0.2, -0.15) is 0 Å². The molecule has 0 spiro atoms. The number of aromatic nitrogens is 3. The van der Waals surface area contributed by atoms with Crippen molar-refractivity contribution < 1.29 is 4.79 Å². The summed E-state index contributed by atoms with van der Waals surface area (Å²) in [5.41, 5.74) is 1.01. The minimum atomic E-state index is 0.00224. The molecule has 0 radical (unpaired) electrons. The number of hydrogen-bond acceptors (Lipinski definition) is 5. The molecule has 5 nitrogen and oxygen atoms in total. The Labute approximate surface area is 155 Å². The van der Waals surface area contributed by atoms with Gasteiger partial charge in [-0.15, -0.1) is 21.5 Å². The van der Waals surface area contributed by atoms with Gasteiger partial charge in [0.1, 0.15) is 5.82 Å². The Morgan fingerprint density at radius 2 is 2.00 bits per heavy atom. The number of para-hydroxylation sites is 1. The molecule has 0 aliphatic rings. The second kappa shape index (κ2) is 8.31. The molecule has 0 aliphatic carbocycles. The molecule has 1 N–H and O–H groups in total. The Hall–Kier alpha value is -2.12. The van der Waals surface area contributed by atoms with E-state index < -0.39 is 0 Å². The van der Waals surface area contributed by atoms with Gasteiger partial charge in [-0.3, -0.25) is 9.36 Å². The lowest BCUT2D eigenvalue weighted by Gasteiger charge is -2.11. The molecular formula is C18H20N4OS2. The Morgan fingerprint density at radius 1 is 1.20 bits per heavy atom. The third kappa shape index (κ3) is 4.70. The number of nitrogens with zero attached hydrogens (tertiary/aromatic N) is 3. The number of thioether (sulfide) groups is 1. The highest BCUT2D eigenvalue weighted by Gasteiger charge is 2.16. The number of hydrogen-bond donors (Lipinski definition) is 1. The summed E-state index contributed by atoms with van der Waals surface area (Å²) >= 11 is 3.11. The number of amides is 1. The maximum absolute atomic E-state index is 11.9. The third-order valence-corrected chi connectivity index (χ3v) is 5.21. The van der Waals surface area contributed by atoms with Crippen molar-refractivity contribution in [2.75, 3.05) is 5.75 Å². The van der Waals surface area contributed by atoms with Crippen LogP contribution >= 0.6 is 23.1 Å². The average molecular weight is 373 g/mol. The SMILES string of the molecule is CC(C)NC(=O)CSc1nnc(Cc2cccs2)n1-c1ccccc1. The minimum Gasteiger partial charge on any atom is -0.353 e. The first-order valence-corrected chi connectivity index (χ1v) is 9.94. The molecule has 130 valence electrons. The van der Waals surface area contributed by atoms with E-state index in [0.717, 1.165) is 23.1 Å². The Bertz CT molecular complexity index is 813. The van der Waals surface area contributed by atoms with Crippen LogP contribution < -0.4 is 5.32 Å². The van der Waals surface area contributed by atoms with E-state index >= 15 is 0 Å². The zero-order valence-electron chi connectivity index (χ0n) is 14.2. The predicted octanol–water partition coefficient (Wildman–Crippen LogP) is 3.54. The molecule has 1 aromatic carbocycles. The van der Waals surface area contributed by atoms with Gasteiger partial charge in [0.05, 0.1) is 5.75 Å². The topological polar surface area (TPSA) is 59.8 Å². The molecule has 0 unspecified atom stereocenters. The Balaban J connectivity index is 1.85. The van der Waals surface area contributed by atoms with Gasteiger partial charge < -0.3 is 5.32 Å². The summed E-state index contributed by atoms with van der Waals surface area (Å²) in [7, 11) is 0. The van der Waals surface area contributed by atoms with Crippen molar-refractivity contribution >= 4 is 29.0 Å². The van der Waals surface area contributed by atoms with Gasteiger partial charge in [-0.05, 0) is 37.4 Å². The molecule has 1 amide bonds. The summed E-state index contributed by atoms with van der Waals surface area (Å²) in [5, 5.41) is 14.4. The summed E-state index contributed by atoms with van der Waals surface area (Å²) in [4.78, 5) is 13.2. The van der Waals surface area contributed by atoms with E-state index in [1.807, 2.05) is 54.8 Å². The average Bonchev–Trinajstić information content (AvgIpc) is 3.23. The van der Waals surface area contributed by atoms with Crippen LogP contribution in [0.15, 0.2) is 53.0 Å². The largest absolute Gasteiger partial charge is 0.353 e. The van der Waals surface area contributed by atoms with E-state index in [0.29, 0.717) is 5.75 Å². The van der Waals surface area contributed by atoms with Crippen molar-refractivity contribution in [3.63, 3.8) is 0 Å². The molecule has 3 rings (SSSR count). The third-order valence-electron chi connectivity index (χ3n) is 3.41. The lowest BCUT2D eigenvalue weighted by Crippen LogP contribution is -2.31. The number of benzene rings is 1. The van der Waals surface area contributed by atoms with Gasteiger partial charge in [0.25, 0.3) is 0 Å². The lowest BCUT2D eigenvalue weighted by atomic mass is 10.3. The summed E-state index contributed by atoms with van der Waals surface area (Å²) in [5.74, 6) is 1.20. The van der Waals surface area contributed by atoms with Crippen LogP contribution in [-0.2, 0) is 11.2 Å². The summed E-state index contributed by atoms with van der Waals surface area (Å²) in [6.45, 7) is 3.91. The van der Waals surface area contributed by atoms with Gasteiger partial charge >= 0.3 is 0 Å². The first kappa shape index (κ1) is 17.7. The van der Waals surface area contributed by atoms with Crippen LogP contribution in [0, 0.1) is 0 Å². The van der Waals surface area contributed by atoms with Crippen LogP contribution in [0.4, 0.5) is 0 Å². The molecule has 0 saturated heterocycles. The summed E-state index contributed by atoms with van der Waals surface area (Å²) < 4.78 is 2.03. The van der Waals surface area contributed by atoms with Crippen molar-refractivity contribution in [1.82, 2.24) is 20.1 Å². The van der Waals surface area contributed by atoms with Gasteiger partial charge in [-0.1, -0.05) is 36.0 Å². The first-order chi connectivity index (χ1) is 12.1. The molecule has 0 bridgehead atoms. The zero-order valence-corrected chi connectivity index (χ0v) is 15.8. The van der Waals surface area contributed by atoms with E-state index in [-0.39, 0.29) is 11.9 Å². The second-order valence-electron chi connectivity index (χ2n) is 5.84. The Morgan fingerprint density at radius 3 is 2.68 bits per heavy atom. The van der Waals surface area contributed by atoms with Crippen molar-refractivity contribution in [2.45, 2.75) is 31.5 Å². The molecule has 7 heteroatoms. The second-order valence-corrected chi connectivity index (χ2v) is 7.81. The molecule has 0 saturated carbocycles. The van der Waals surface area contributed by atoms with Crippen molar-refractivity contribution in [3.05, 3.63) is 58.5 Å². The highest BCUT2D eigenvalue weighted by molar-refractivity contribution is 7.99. The molecule has 2 heterocycles. The fourth-order valence-electron chi connectivity index (χ4n) is 2.41. The minimum absolute atomic E-state index is 0.00224. The standard InChI is InChI=1S/C18H20N4OS2/c1-13(2)19-17(23)12-25-18-21-20-16(11-15-9-6-10-24-15)22(18)14-7-4-3-5-8-14/h3-10,13H,11-12H2,1-2H3,(H,19,23). The molecule has 2 aromatic heterocycles. The highest BCUT2D eigenvalue weighted by atomic mass is 32.2. The Kier molecular flexibility index (Phi) is 5.88. The van der Waals surface area contributed by atoms with E-state index in [2.05, 4.69) is 27.0 Å². The normalized spacial score (nSPS) is 11.0. The summed E-state index contributed by atoms with van der Waals surface area (Å²) in [6, 6.07) is 14.3. The smallest absolute Gasteiger partial charge is 0.230 e. The molecule has 0 atom stereocenters. The van der Waals surface area contributed by atoms with Crippen molar-refractivity contribution in [2.24, 2.45) is 0 Å². The fourth-order valence-corrected chi connectivity index (χ4v) is 3.89. The lowest BCUT2D eigenvalue weighted by molar-refractivity contribution is -0.119. The van der Waals surface area contributed by atoms with E-state index in [1.54, 1.807) is 11.3 Å². The molecule has 0 aliphatic heterocycles.